The Hall–Kier alpha value is -2.20. The Morgan fingerprint density at radius 1 is 1.17 bits per heavy atom. The van der Waals surface area contributed by atoms with Crippen LogP contribution in [0.2, 0.25) is 0 Å². The first-order valence-electron chi connectivity index (χ1n) is 8.20. The lowest BCUT2D eigenvalue weighted by Gasteiger charge is -2.05. The van der Waals surface area contributed by atoms with Gasteiger partial charge in [-0.1, -0.05) is 37.3 Å². The van der Waals surface area contributed by atoms with Gasteiger partial charge >= 0.3 is 0 Å². The Morgan fingerprint density at radius 3 is 2.79 bits per heavy atom. The third kappa shape index (κ3) is 4.20. The highest BCUT2D eigenvalue weighted by Crippen LogP contribution is 2.23. The average Bonchev–Trinajstić information content (AvgIpc) is 3.01. The Kier molecular flexibility index (Phi) is 5.59. The fourth-order valence-electron chi connectivity index (χ4n) is 2.60. The van der Waals surface area contributed by atoms with Gasteiger partial charge in [0.05, 0.1) is 12.7 Å². The molecule has 1 heterocycles. The van der Waals surface area contributed by atoms with Gasteiger partial charge in [-0.05, 0) is 30.2 Å². The molecule has 24 heavy (non-hydrogen) atoms. The summed E-state index contributed by atoms with van der Waals surface area (Å²) >= 11 is 1.74. The van der Waals surface area contributed by atoms with Crippen LogP contribution in [-0.2, 0) is 17.6 Å². The van der Waals surface area contributed by atoms with E-state index < -0.39 is 0 Å². The molecular formula is C20H21NO2S. The highest BCUT2D eigenvalue weighted by molar-refractivity contribution is 7.99. The molecule has 3 nitrogen and oxygen atoms in total. The number of aryl methyl sites for hydroxylation is 1. The number of amides is 1. The van der Waals surface area contributed by atoms with Gasteiger partial charge in [-0.3, -0.25) is 4.79 Å². The summed E-state index contributed by atoms with van der Waals surface area (Å²) in [5, 5.41) is 4.01. The summed E-state index contributed by atoms with van der Waals surface area (Å²) < 4.78 is 5.59. The number of fused-ring (bicyclic) bond motifs is 1. The maximum Gasteiger partial charge on any atom is 0.224 e. The van der Waals surface area contributed by atoms with Crippen molar-refractivity contribution in [3.8, 4) is 0 Å². The number of carbonyl (C=O) groups is 1. The van der Waals surface area contributed by atoms with Crippen LogP contribution in [0.25, 0.3) is 11.0 Å². The lowest BCUT2D eigenvalue weighted by Crippen LogP contribution is -2.27. The Morgan fingerprint density at radius 2 is 2.00 bits per heavy atom. The number of hydrogen-bond acceptors (Lipinski definition) is 3. The van der Waals surface area contributed by atoms with E-state index in [2.05, 4.69) is 30.4 Å². The fourth-order valence-corrected chi connectivity index (χ4v) is 3.39. The largest absolute Gasteiger partial charge is 0.464 e. The molecule has 0 aliphatic carbocycles. The molecule has 2 aromatic carbocycles. The van der Waals surface area contributed by atoms with Gasteiger partial charge in [-0.2, -0.15) is 0 Å². The number of thioether (sulfide) groups is 1. The zero-order valence-electron chi connectivity index (χ0n) is 13.7. The molecule has 124 valence electrons. The zero-order chi connectivity index (χ0) is 16.8. The lowest BCUT2D eigenvalue weighted by molar-refractivity contribution is -0.120. The minimum absolute atomic E-state index is 0.0333. The van der Waals surface area contributed by atoms with Crippen LogP contribution in [0, 0.1) is 0 Å². The van der Waals surface area contributed by atoms with Crippen molar-refractivity contribution in [1.82, 2.24) is 5.32 Å². The summed E-state index contributed by atoms with van der Waals surface area (Å²) in [7, 11) is 0. The molecule has 0 atom stereocenters. The lowest BCUT2D eigenvalue weighted by atomic mass is 10.1. The second-order valence-corrected chi connectivity index (χ2v) is 6.80. The minimum Gasteiger partial charge on any atom is -0.464 e. The van der Waals surface area contributed by atoms with Crippen LogP contribution in [0.1, 0.15) is 18.1 Å². The molecule has 1 N–H and O–H groups in total. The van der Waals surface area contributed by atoms with Crippen molar-refractivity contribution in [2.75, 3.05) is 12.3 Å². The van der Waals surface area contributed by atoms with E-state index >= 15 is 0 Å². The van der Waals surface area contributed by atoms with Crippen molar-refractivity contribution in [3.05, 3.63) is 65.9 Å². The van der Waals surface area contributed by atoms with Gasteiger partial charge in [0.1, 0.15) is 5.58 Å². The first-order chi connectivity index (χ1) is 11.8. The SMILES string of the molecule is CCc1ccc2c(CC(=O)NCCSc3ccccc3)coc2c1. The van der Waals surface area contributed by atoms with Gasteiger partial charge in [0.15, 0.2) is 0 Å². The third-order valence-corrected chi connectivity index (χ3v) is 4.93. The van der Waals surface area contributed by atoms with Crippen molar-refractivity contribution in [1.29, 1.82) is 0 Å². The number of benzene rings is 2. The molecule has 0 aliphatic heterocycles. The van der Waals surface area contributed by atoms with E-state index in [1.165, 1.54) is 10.5 Å². The molecule has 0 unspecified atom stereocenters. The number of hydrogen-bond donors (Lipinski definition) is 1. The summed E-state index contributed by atoms with van der Waals surface area (Å²) in [6.45, 7) is 2.78. The molecule has 0 radical (unpaired) electrons. The maximum absolute atomic E-state index is 12.1. The molecule has 3 rings (SSSR count). The molecule has 0 saturated heterocycles. The van der Waals surface area contributed by atoms with E-state index in [0.717, 1.165) is 28.7 Å². The second-order valence-electron chi connectivity index (χ2n) is 5.63. The fraction of sp³-hybridized carbons (Fsp3) is 0.250. The normalized spacial score (nSPS) is 10.9. The summed E-state index contributed by atoms with van der Waals surface area (Å²) in [6, 6.07) is 16.4. The van der Waals surface area contributed by atoms with Gasteiger partial charge in [0, 0.05) is 28.1 Å². The Bertz CT molecular complexity index is 811. The molecule has 1 aromatic heterocycles. The standard InChI is InChI=1S/C20H21NO2S/c1-2-15-8-9-18-16(14-23-19(18)12-15)13-20(22)21-10-11-24-17-6-4-3-5-7-17/h3-9,12,14H,2,10-11,13H2,1H3,(H,21,22). The predicted molar refractivity (Wildman–Crippen MR) is 99.5 cm³/mol. The summed E-state index contributed by atoms with van der Waals surface area (Å²) in [6.07, 6.45) is 3.03. The molecular weight excluding hydrogens is 318 g/mol. The molecule has 0 spiro atoms. The Labute approximate surface area is 146 Å². The molecule has 3 aromatic rings. The van der Waals surface area contributed by atoms with Gasteiger partial charge in [0.2, 0.25) is 5.91 Å². The van der Waals surface area contributed by atoms with Crippen molar-refractivity contribution in [2.45, 2.75) is 24.7 Å². The maximum atomic E-state index is 12.1. The number of rotatable bonds is 7. The zero-order valence-corrected chi connectivity index (χ0v) is 14.6. The highest BCUT2D eigenvalue weighted by Gasteiger charge is 2.10. The molecule has 0 fully saturated rings. The van der Waals surface area contributed by atoms with Crippen LogP contribution < -0.4 is 5.32 Å². The first-order valence-corrected chi connectivity index (χ1v) is 9.18. The number of carbonyl (C=O) groups excluding carboxylic acids is 1. The molecule has 0 bridgehead atoms. The third-order valence-electron chi connectivity index (χ3n) is 3.92. The molecule has 4 heteroatoms. The van der Waals surface area contributed by atoms with Gasteiger partial charge in [-0.15, -0.1) is 11.8 Å². The summed E-state index contributed by atoms with van der Waals surface area (Å²) in [4.78, 5) is 13.3. The topological polar surface area (TPSA) is 42.2 Å². The van der Waals surface area contributed by atoms with Crippen LogP contribution in [0.4, 0.5) is 0 Å². The monoisotopic (exact) mass is 339 g/mol. The van der Waals surface area contributed by atoms with E-state index in [1.807, 2.05) is 30.3 Å². The molecule has 1 amide bonds. The number of furan rings is 1. The van der Waals surface area contributed by atoms with E-state index in [1.54, 1.807) is 18.0 Å². The van der Waals surface area contributed by atoms with Crippen LogP contribution in [0.3, 0.4) is 0 Å². The van der Waals surface area contributed by atoms with Gasteiger partial charge < -0.3 is 9.73 Å². The minimum atomic E-state index is 0.0333. The van der Waals surface area contributed by atoms with Crippen molar-refractivity contribution in [2.24, 2.45) is 0 Å². The Balaban J connectivity index is 1.50. The van der Waals surface area contributed by atoms with Crippen molar-refractivity contribution < 1.29 is 9.21 Å². The second kappa shape index (κ2) is 8.06. The van der Waals surface area contributed by atoms with Crippen LogP contribution in [-0.4, -0.2) is 18.2 Å². The van der Waals surface area contributed by atoms with Crippen LogP contribution in [0.15, 0.2) is 64.1 Å². The predicted octanol–water partition coefficient (Wildman–Crippen LogP) is 4.45. The highest BCUT2D eigenvalue weighted by atomic mass is 32.2. The average molecular weight is 339 g/mol. The van der Waals surface area contributed by atoms with E-state index in [0.29, 0.717) is 13.0 Å². The summed E-state index contributed by atoms with van der Waals surface area (Å²) in [5.41, 5.74) is 3.04. The smallest absolute Gasteiger partial charge is 0.224 e. The van der Waals surface area contributed by atoms with Crippen LogP contribution in [0.5, 0.6) is 0 Å². The van der Waals surface area contributed by atoms with E-state index in [9.17, 15) is 4.79 Å². The quantitative estimate of drug-likeness (QED) is 0.511. The van der Waals surface area contributed by atoms with Crippen molar-refractivity contribution in [3.63, 3.8) is 0 Å². The molecule has 0 saturated carbocycles. The first kappa shape index (κ1) is 16.7. The van der Waals surface area contributed by atoms with Crippen molar-refractivity contribution >= 4 is 28.6 Å². The van der Waals surface area contributed by atoms with Gasteiger partial charge in [-0.25, -0.2) is 0 Å². The molecule has 0 aliphatic rings. The number of nitrogens with one attached hydrogen (secondary N) is 1. The van der Waals surface area contributed by atoms with E-state index in [-0.39, 0.29) is 5.91 Å². The summed E-state index contributed by atoms with van der Waals surface area (Å²) in [5.74, 6) is 0.896. The van der Waals surface area contributed by atoms with E-state index in [4.69, 9.17) is 4.42 Å². The van der Waals surface area contributed by atoms with Crippen LogP contribution >= 0.6 is 11.8 Å². The van der Waals surface area contributed by atoms with Gasteiger partial charge in [0.25, 0.3) is 0 Å².